The first-order chi connectivity index (χ1) is 2.00. The molecule has 0 aliphatic carbocycles. The largest absolute Gasteiger partial charge is 0.668 e. The molecule has 0 amide bonds. The third kappa shape index (κ3) is 5300. The van der Waals surface area contributed by atoms with Gasteiger partial charge < -0.3 is 19.2 Å². The molecule has 0 aliphatic heterocycles. The Morgan fingerprint density at radius 2 is 1.00 bits per heavy atom. The van der Waals surface area contributed by atoms with Gasteiger partial charge in [-0.15, -0.1) is 0 Å². The number of hydrogen-bond acceptors (Lipinski definition) is 4. The fourth-order valence-corrected chi connectivity index (χ4v) is 0. The summed E-state index contributed by atoms with van der Waals surface area (Å²) in [6, 6.07) is 0. The van der Waals surface area contributed by atoms with Crippen LogP contribution in [0.4, 0.5) is 0 Å². The molecule has 0 bridgehead atoms. The minimum absolute atomic E-state index is 0. The van der Waals surface area contributed by atoms with Crippen LogP contribution in [0, 0.1) is 0 Å². The second kappa shape index (κ2) is 1.03. The van der Waals surface area contributed by atoms with Gasteiger partial charge in [0.2, 0.25) is 0 Å². The minimum Gasteiger partial charge on any atom is -0.368 e. The van der Waals surface area contributed by atoms with E-state index in [0.29, 0.717) is 0 Å². The molecule has 4 N–H and O–H groups in total. The summed E-state index contributed by atoms with van der Waals surface area (Å²) in [7, 11) is -4.61. The Labute approximate surface area is 30.9 Å². The van der Waals surface area contributed by atoms with E-state index < -0.39 is 9.05 Å². The molecule has 0 saturated carbocycles. The van der Waals surface area contributed by atoms with Crippen LogP contribution < -0.4 is 0 Å². The quantitative estimate of drug-likeness (QED) is 0.255. The van der Waals surface area contributed by atoms with E-state index in [2.05, 4.69) is 0 Å². The van der Waals surface area contributed by atoms with Gasteiger partial charge in [-0.1, -0.05) is 0 Å². The third-order valence-corrected chi connectivity index (χ3v) is 0. The Balaban J connectivity index is 0. The van der Waals surface area contributed by atoms with Gasteiger partial charge in [0.15, 0.2) is 0 Å². The van der Waals surface area contributed by atoms with Gasteiger partial charge in [0.05, 0.1) is 0 Å². The molecule has 0 atom stereocenters. The Morgan fingerprint density at radius 3 is 1.00 bits per heavy atom. The molecule has 5 heavy (non-hydrogen) atoms. The third-order valence-electron chi connectivity index (χ3n) is 0. The average molecular weight is 98.1 g/mol. The van der Waals surface area contributed by atoms with Gasteiger partial charge in [-0.3, -0.25) is 0 Å². The van der Waals surface area contributed by atoms with Crippen molar-refractivity contribution >= 4 is 9.05 Å². The zero-order valence-electron chi connectivity index (χ0n) is 2.29. The molecule has 0 aromatic carbocycles. The van der Waals surface area contributed by atoms with Crippen molar-refractivity contribution in [3.8, 4) is 0 Å². The summed E-state index contributed by atoms with van der Waals surface area (Å²) in [4.78, 5) is 29.3. The van der Waals surface area contributed by atoms with Gasteiger partial charge in [-0.25, -0.2) is 0 Å². The zero-order valence-corrected chi connectivity index (χ0v) is 3.29. The van der Waals surface area contributed by atoms with Gasteiger partial charge in [0, 0.05) is 1.43 Å². The molecular weight excluding hydrogens is 92.1 g/mol. The summed E-state index contributed by atoms with van der Waals surface area (Å²) in [5, 5.41) is 0. The average Bonchev–Trinajstić information content (AvgIpc) is 0.722. The molecule has 0 heterocycles. The Kier molecular flexibility index (Phi) is 1.05. The maximum atomic E-state index is 7.33. The van der Waals surface area contributed by atoms with Crippen molar-refractivity contribution in [3.05, 3.63) is 0 Å². The number of hydrogen-bond donors (Lipinski definition) is 4. The van der Waals surface area contributed by atoms with E-state index in [9.17, 15) is 0 Å². The summed E-state index contributed by atoms with van der Waals surface area (Å²) in [6.45, 7) is 0. The van der Waals surface area contributed by atoms with Crippen molar-refractivity contribution in [3.63, 3.8) is 0 Å². The first-order valence-electron chi connectivity index (χ1n) is 0.894. The fraction of sp³-hybridized carbons (Fsp3) is 0. The highest BCUT2D eigenvalue weighted by atomic mass is 28.4. The lowest BCUT2D eigenvalue weighted by atomic mass is 15.7. The van der Waals surface area contributed by atoms with Crippen LogP contribution in [0.2, 0.25) is 0 Å². The molecule has 0 aliphatic rings. The molecular formula is H6O4Si. The second-order valence-electron chi connectivity index (χ2n) is 0.600. The van der Waals surface area contributed by atoms with E-state index in [1.807, 2.05) is 0 Å². The summed E-state index contributed by atoms with van der Waals surface area (Å²) in [5.41, 5.74) is 0. The standard InChI is InChI=1S/H4O4Si.H2/c1-5(2,3)4;/h1-4H;1H. The molecule has 0 fully saturated rings. The lowest BCUT2D eigenvalue weighted by Gasteiger charge is -1.91. The lowest BCUT2D eigenvalue weighted by Crippen LogP contribution is -2.33. The number of rotatable bonds is 0. The van der Waals surface area contributed by atoms with Crippen LogP contribution in [0.25, 0.3) is 0 Å². The Bertz CT molecular complexity index is 23.0. The van der Waals surface area contributed by atoms with Crippen LogP contribution in [0.1, 0.15) is 1.43 Å². The highest BCUT2D eigenvalue weighted by Crippen LogP contribution is 1.67. The van der Waals surface area contributed by atoms with E-state index in [1.54, 1.807) is 0 Å². The van der Waals surface area contributed by atoms with Gasteiger partial charge in [-0.2, -0.15) is 0 Å². The Morgan fingerprint density at radius 1 is 1.00 bits per heavy atom. The van der Waals surface area contributed by atoms with E-state index >= 15 is 0 Å². The topological polar surface area (TPSA) is 80.9 Å². The minimum atomic E-state index is -4.61. The predicted octanol–water partition coefficient (Wildman–Crippen LogP) is -2.36. The monoisotopic (exact) mass is 98.0 g/mol. The Hall–Kier alpha value is 0.0569. The highest BCUT2D eigenvalue weighted by Gasteiger charge is 2.22. The fourth-order valence-electron chi connectivity index (χ4n) is 0. The molecule has 0 rings (SSSR count). The second-order valence-corrected chi connectivity index (χ2v) is 1.80. The van der Waals surface area contributed by atoms with Crippen LogP contribution in [0.15, 0.2) is 0 Å². The van der Waals surface area contributed by atoms with Crippen LogP contribution in [0.5, 0.6) is 0 Å². The molecule has 0 radical (unpaired) electrons. The van der Waals surface area contributed by atoms with Crippen LogP contribution in [-0.4, -0.2) is 28.2 Å². The van der Waals surface area contributed by atoms with E-state index in [4.69, 9.17) is 19.2 Å². The first kappa shape index (κ1) is 5.06. The van der Waals surface area contributed by atoms with Gasteiger partial charge in [0.25, 0.3) is 0 Å². The van der Waals surface area contributed by atoms with Crippen LogP contribution in [0.3, 0.4) is 0 Å². The van der Waals surface area contributed by atoms with Crippen LogP contribution in [-0.2, 0) is 0 Å². The summed E-state index contributed by atoms with van der Waals surface area (Å²) < 4.78 is 0. The first-order valence-corrected chi connectivity index (χ1v) is 2.68. The van der Waals surface area contributed by atoms with Gasteiger partial charge in [-0.05, 0) is 0 Å². The van der Waals surface area contributed by atoms with Gasteiger partial charge in [0.1, 0.15) is 0 Å². The molecule has 0 unspecified atom stereocenters. The molecule has 0 aromatic heterocycles. The molecule has 4 nitrogen and oxygen atoms in total. The van der Waals surface area contributed by atoms with Crippen molar-refractivity contribution in [1.82, 2.24) is 0 Å². The van der Waals surface area contributed by atoms with Crippen molar-refractivity contribution in [2.45, 2.75) is 0 Å². The van der Waals surface area contributed by atoms with E-state index in [-0.39, 0.29) is 1.43 Å². The van der Waals surface area contributed by atoms with Gasteiger partial charge >= 0.3 is 9.05 Å². The maximum absolute atomic E-state index is 7.33. The maximum Gasteiger partial charge on any atom is 0.668 e. The molecule has 5 heteroatoms. The molecule has 0 spiro atoms. The normalized spacial score (nSPS) is 12.0. The lowest BCUT2D eigenvalue weighted by molar-refractivity contribution is 0.117. The van der Waals surface area contributed by atoms with Crippen molar-refractivity contribution < 1.29 is 20.6 Å². The van der Waals surface area contributed by atoms with Crippen molar-refractivity contribution in [1.29, 1.82) is 0 Å². The predicted molar refractivity (Wildman–Crippen MR) is 16.7 cm³/mol. The molecule has 0 aromatic rings. The van der Waals surface area contributed by atoms with E-state index in [0.717, 1.165) is 0 Å². The summed E-state index contributed by atoms with van der Waals surface area (Å²) >= 11 is 0. The highest BCUT2D eigenvalue weighted by molar-refractivity contribution is 6.46. The van der Waals surface area contributed by atoms with E-state index in [1.165, 1.54) is 0 Å². The van der Waals surface area contributed by atoms with Crippen molar-refractivity contribution in [2.24, 2.45) is 0 Å². The van der Waals surface area contributed by atoms with Crippen molar-refractivity contribution in [2.75, 3.05) is 0 Å². The van der Waals surface area contributed by atoms with Crippen LogP contribution >= 0.6 is 0 Å². The molecule has 34 valence electrons. The summed E-state index contributed by atoms with van der Waals surface area (Å²) in [5.74, 6) is 0. The SMILES string of the molecule is O[Si](O)(O)O.[HH]. The zero-order chi connectivity index (χ0) is 4.50. The molecule has 0 saturated heterocycles. The smallest absolute Gasteiger partial charge is 0.368 e. The summed E-state index contributed by atoms with van der Waals surface area (Å²) in [6.07, 6.45) is 0.